The summed E-state index contributed by atoms with van der Waals surface area (Å²) >= 11 is 0. The van der Waals surface area contributed by atoms with E-state index in [1.165, 1.54) is 0 Å². The summed E-state index contributed by atoms with van der Waals surface area (Å²) in [5, 5.41) is 9.58. The van der Waals surface area contributed by atoms with Gasteiger partial charge in [0.25, 0.3) is 6.43 Å². The maximum atomic E-state index is 12.7. The van der Waals surface area contributed by atoms with E-state index in [1.807, 2.05) is 0 Å². The van der Waals surface area contributed by atoms with Gasteiger partial charge in [0.2, 0.25) is 0 Å². The van der Waals surface area contributed by atoms with Crippen molar-refractivity contribution in [3.63, 3.8) is 0 Å². The van der Waals surface area contributed by atoms with Crippen LogP contribution < -0.4 is 5.73 Å². The molecule has 0 bridgehead atoms. The molecule has 0 aliphatic rings. The van der Waals surface area contributed by atoms with Crippen molar-refractivity contribution in [3.05, 3.63) is 23.0 Å². The molecule has 0 aliphatic carbocycles. The Morgan fingerprint density at radius 3 is 2.78 bits per heavy atom. The molecule has 0 radical (unpaired) electrons. The Hall–Kier alpha value is -1.76. The summed E-state index contributed by atoms with van der Waals surface area (Å²) in [5.41, 5.74) is 4.67. The topological polar surface area (TPSA) is 85.4 Å². The molecule has 18 heavy (non-hydrogen) atoms. The fraction of sp³-hybridized carbons (Fsp3) is 0.455. The number of hydrogen-bond donors (Lipinski definition) is 2. The van der Waals surface area contributed by atoms with Gasteiger partial charge < -0.3 is 15.6 Å². The third-order valence-corrected chi connectivity index (χ3v) is 2.23. The predicted octanol–water partition coefficient (Wildman–Crippen LogP) is 1.29. The van der Waals surface area contributed by atoms with Gasteiger partial charge in [0.05, 0.1) is 18.7 Å². The highest BCUT2D eigenvalue weighted by atomic mass is 19.3. The zero-order chi connectivity index (χ0) is 13.7. The van der Waals surface area contributed by atoms with Crippen LogP contribution in [-0.2, 0) is 22.5 Å². The van der Waals surface area contributed by atoms with Crippen molar-refractivity contribution in [1.29, 1.82) is 0 Å². The molecule has 7 heteroatoms. The second-order valence-electron chi connectivity index (χ2n) is 3.49. The normalized spacial score (nSPS) is 10.7. The molecule has 0 unspecified atom stereocenters. The van der Waals surface area contributed by atoms with Crippen molar-refractivity contribution in [1.82, 2.24) is 4.98 Å². The number of nitrogens with zero attached hydrogens (tertiary/aromatic N) is 1. The molecule has 0 fully saturated rings. The Labute approximate surface area is 103 Å². The number of aromatic hydroxyl groups is 1. The van der Waals surface area contributed by atoms with Crippen LogP contribution >= 0.6 is 0 Å². The number of ether oxygens (including phenoxy) is 1. The number of alkyl halides is 2. The molecule has 1 aromatic heterocycles. The smallest absolute Gasteiger partial charge is 0.312 e. The van der Waals surface area contributed by atoms with Crippen LogP contribution in [0.15, 0.2) is 6.07 Å². The highest BCUT2D eigenvalue weighted by molar-refractivity contribution is 5.72. The van der Waals surface area contributed by atoms with Crippen LogP contribution in [-0.4, -0.2) is 22.7 Å². The summed E-state index contributed by atoms with van der Waals surface area (Å²) in [7, 11) is 0. The monoisotopic (exact) mass is 260 g/mol. The van der Waals surface area contributed by atoms with Crippen molar-refractivity contribution in [2.75, 3.05) is 6.61 Å². The van der Waals surface area contributed by atoms with Crippen molar-refractivity contribution in [2.45, 2.75) is 26.3 Å². The molecular weight excluding hydrogens is 246 g/mol. The van der Waals surface area contributed by atoms with Gasteiger partial charge in [-0.2, -0.15) is 0 Å². The van der Waals surface area contributed by atoms with Gasteiger partial charge in [-0.3, -0.25) is 4.79 Å². The summed E-state index contributed by atoms with van der Waals surface area (Å²) in [5.74, 6) is -0.978. The fourth-order valence-corrected chi connectivity index (χ4v) is 1.43. The van der Waals surface area contributed by atoms with E-state index in [4.69, 9.17) is 5.73 Å². The van der Waals surface area contributed by atoms with Crippen LogP contribution in [0.1, 0.15) is 30.3 Å². The first-order valence-electron chi connectivity index (χ1n) is 5.35. The second kappa shape index (κ2) is 6.25. The third kappa shape index (κ3) is 3.36. The number of hydrogen-bond acceptors (Lipinski definition) is 5. The van der Waals surface area contributed by atoms with E-state index >= 15 is 0 Å². The Kier molecular flexibility index (Phi) is 4.96. The molecule has 1 aromatic rings. The fourth-order valence-electron chi connectivity index (χ4n) is 1.43. The quantitative estimate of drug-likeness (QED) is 0.779. The molecule has 1 heterocycles. The van der Waals surface area contributed by atoms with Crippen molar-refractivity contribution in [3.8, 4) is 5.75 Å². The van der Waals surface area contributed by atoms with Crippen LogP contribution in [0.4, 0.5) is 8.78 Å². The number of esters is 1. The molecule has 0 aromatic carbocycles. The average molecular weight is 260 g/mol. The van der Waals surface area contributed by atoms with Crippen LogP contribution in [0.25, 0.3) is 0 Å². The summed E-state index contributed by atoms with van der Waals surface area (Å²) in [6, 6.07) is 1.10. The lowest BCUT2D eigenvalue weighted by atomic mass is 10.1. The molecule has 1 rings (SSSR count). The molecule has 100 valence electrons. The van der Waals surface area contributed by atoms with Gasteiger partial charge in [-0.05, 0) is 18.6 Å². The van der Waals surface area contributed by atoms with E-state index in [1.54, 1.807) is 6.92 Å². The summed E-state index contributed by atoms with van der Waals surface area (Å²) in [4.78, 5) is 14.8. The van der Waals surface area contributed by atoms with Gasteiger partial charge in [-0.15, -0.1) is 0 Å². The second-order valence-corrected chi connectivity index (χ2v) is 3.49. The van der Waals surface area contributed by atoms with E-state index in [9.17, 15) is 18.7 Å². The lowest BCUT2D eigenvalue weighted by molar-refractivity contribution is -0.142. The minimum Gasteiger partial charge on any atom is -0.506 e. The zero-order valence-corrected chi connectivity index (χ0v) is 9.82. The minimum atomic E-state index is -2.81. The highest BCUT2D eigenvalue weighted by Gasteiger charge is 2.19. The average Bonchev–Trinajstić information content (AvgIpc) is 2.31. The summed E-state index contributed by atoms with van der Waals surface area (Å²) < 4.78 is 30.0. The van der Waals surface area contributed by atoms with E-state index in [-0.39, 0.29) is 36.6 Å². The molecule has 0 aliphatic heterocycles. The number of aromatic nitrogens is 1. The van der Waals surface area contributed by atoms with Gasteiger partial charge >= 0.3 is 5.97 Å². The van der Waals surface area contributed by atoms with Crippen LogP contribution in [0, 0.1) is 0 Å². The van der Waals surface area contributed by atoms with E-state index in [0.717, 1.165) is 6.07 Å². The molecule has 0 spiro atoms. The molecule has 0 amide bonds. The Morgan fingerprint density at radius 1 is 1.61 bits per heavy atom. The first-order chi connectivity index (χ1) is 8.49. The molecule has 0 atom stereocenters. The van der Waals surface area contributed by atoms with Gasteiger partial charge in [-0.25, -0.2) is 13.8 Å². The number of nitrogens with two attached hydrogens (primary N) is 1. The first-order valence-corrected chi connectivity index (χ1v) is 5.35. The van der Waals surface area contributed by atoms with Gasteiger partial charge in [-0.1, -0.05) is 0 Å². The SMILES string of the molecule is CCOC(=O)Cc1nc(C(F)F)c(CN)cc1O. The summed E-state index contributed by atoms with van der Waals surface area (Å²) in [6.45, 7) is 1.62. The highest BCUT2D eigenvalue weighted by Crippen LogP contribution is 2.26. The lowest BCUT2D eigenvalue weighted by Gasteiger charge is -2.10. The Balaban J connectivity index is 3.05. The lowest BCUT2D eigenvalue weighted by Crippen LogP contribution is -2.12. The number of pyridine rings is 1. The standard InChI is InChI=1S/C11H14F2N2O3/c1-2-18-9(17)4-7-8(16)3-6(5-14)10(15-7)11(12)13/h3,11,16H,2,4-5,14H2,1H3. The first kappa shape index (κ1) is 14.3. The maximum absolute atomic E-state index is 12.7. The van der Waals surface area contributed by atoms with E-state index in [0.29, 0.717) is 0 Å². The van der Waals surface area contributed by atoms with E-state index in [2.05, 4.69) is 9.72 Å². The van der Waals surface area contributed by atoms with Crippen molar-refractivity contribution >= 4 is 5.97 Å². The van der Waals surface area contributed by atoms with Crippen LogP contribution in [0.5, 0.6) is 5.75 Å². The van der Waals surface area contributed by atoms with E-state index < -0.39 is 18.1 Å². The van der Waals surface area contributed by atoms with Gasteiger partial charge in [0.1, 0.15) is 11.4 Å². The van der Waals surface area contributed by atoms with Gasteiger partial charge in [0, 0.05) is 6.54 Å². The molecule has 5 nitrogen and oxygen atoms in total. The maximum Gasteiger partial charge on any atom is 0.312 e. The number of halogens is 2. The number of carbonyl (C=O) groups excluding carboxylic acids is 1. The van der Waals surface area contributed by atoms with Crippen LogP contribution in [0.3, 0.4) is 0 Å². The summed E-state index contributed by atoms with van der Waals surface area (Å²) in [6.07, 6.45) is -3.17. The molecule has 0 saturated heterocycles. The van der Waals surface area contributed by atoms with Crippen molar-refractivity contribution in [2.24, 2.45) is 5.73 Å². The molecular formula is C11H14F2N2O3. The number of rotatable bonds is 5. The Morgan fingerprint density at radius 2 is 2.28 bits per heavy atom. The molecule has 0 saturated carbocycles. The van der Waals surface area contributed by atoms with Gasteiger partial charge in [0.15, 0.2) is 0 Å². The van der Waals surface area contributed by atoms with Crippen LogP contribution in [0.2, 0.25) is 0 Å². The zero-order valence-electron chi connectivity index (χ0n) is 9.82. The molecule has 3 N–H and O–H groups in total. The largest absolute Gasteiger partial charge is 0.506 e. The Bertz CT molecular complexity index is 439. The van der Waals surface area contributed by atoms with Crippen molar-refractivity contribution < 1.29 is 23.4 Å². The number of carbonyl (C=O) groups is 1. The minimum absolute atomic E-state index is 0.0510. The third-order valence-electron chi connectivity index (χ3n) is 2.23. The predicted molar refractivity (Wildman–Crippen MR) is 59.1 cm³/mol.